The van der Waals surface area contributed by atoms with Crippen molar-refractivity contribution in [3.63, 3.8) is 0 Å². The molecule has 0 radical (unpaired) electrons. The number of para-hydroxylation sites is 2. The molecule has 0 aliphatic carbocycles. The Balaban J connectivity index is 1.53. The summed E-state index contributed by atoms with van der Waals surface area (Å²) in [6.07, 6.45) is 2.59. The number of aryl methyl sites for hydroxylation is 1. The predicted molar refractivity (Wildman–Crippen MR) is 131 cm³/mol. The molecule has 10 heteroatoms. The lowest BCUT2D eigenvalue weighted by molar-refractivity contribution is -0.128. The second-order valence-electron chi connectivity index (χ2n) is 9.28. The topological polar surface area (TPSA) is 113 Å². The average molecular weight is 500 g/mol. The molecule has 0 bridgehead atoms. The first kappa shape index (κ1) is 24.9. The third-order valence-electron chi connectivity index (χ3n) is 6.44. The first-order valence-electron chi connectivity index (χ1n) is 11.5. The Morgan fingerprint density at radius 1 is 1.06 bits per heavy atom. The lowest BCUT2D eigenvalue weighted by atomic mass is 9.96. The van der Waals surface area contributed by atoms with E-state index in [1.54, 1.807) is 51.1 Å². The summed E-state index contributed by atoms with van der Waals surface area (Å²) in [6.45, 7) is 5.19. The van der Waals surface area contributed by atoms with Crippen LogP contribution in [0.4, 0.5) is 11.4 Å². The highest BCUT2D eigenvalue weighted by atomic mass is 32.2. The Kier molecular flexibility index (Phi) is 6.70. The molecule has 1 N–H and O–H groups in total. The maximum absolute atomic E-state index is 13.1. The van der Waals surface area contributed by atoms with Gasteiger partial charge < -0.3 is 10.1 Å². The van der Waals surface area contributed by atoms with Crippen molar-refractivity contribution < 1.29 is 27.5 Å². The lowest BCUT2D eigenvalue weighted by Crippen LogP contribution is -2.59. The van der Waals surface area contributed by atoms with Gasteiger partial charge in [-0.05, 0) is 63.4 Å². The monoisotopic (exact) mass is 499 g/mol. The number of rotatable bonds is 5. The van der Waals surface area contributed by atoms with E-state index in [-0.39, 0.29) is 16.4 Å². The Hall–Kier alpha value is -3.24. The molecule has 0 atom stereocenters. The van der Waals surface area contributed by atoms with E-state index in [1.165, 1.54) is 21.3 Å². The first-order chi connectivity index (χ1) is 16.5. The summed E-state index contributed by atoms with van der Waals surface area (Å²) in [6, 6.07) is 11.2. The zero-order valence-corrected chi connectivity index (χ0v) is 20.9. The van der Waals surface area contributed by atoms with Gasteiger partial charge in [0.2, 0.25) is 15.9 Å². The van der Waals surface area contributed by atoms with Crippen LogP contribution >= 0.6 is 0 Å². The quantitative estimate of drug-likeness (QED) is 0.633. The molecule has 1 fully saturated rings. The highest BCUT2D eigenvalue weighted by Crippen LogP contribution is 2.36. The fourth-order valence-corrected chi connectivity index (χ4v) is 6.19. The summed E-state index contributed by atoms with van der Waals surface area (Å²) >= 11 is 0. The summed E-state index contributed by atoms with van der Waals surface area (Å²) in [5.74, 6) is -1.75. The molecule has 2 amide bonds. The summed E-state index contributed by atoms with van der Waals surface area (Å²) in [5, 5.41) is 2.78. The molecular formula is C25H29N3O6S. The fraction of sp³-hybridized carbons (Fsp3) is 0.400. The van der Waals surface area contributed by atoms with Gasteiger partial charge >= 0.3 is 5.97 Å². The second-order valence-corrected chi connectivity index (χ2v) is 11.2. The van der Waals surface area contributed by atoms with Crippen LogP contribution in [-0.2, 0) is 24.3 Å². The number of sulfonamides is 1. The molecule has 4 rings (SSSR count). The Morgan fingerprint density at radius 2 is 1.74 bits per heavy atom. The molecule has 35 heavy (non-hydrogen) atoms. The van der Waals surface area contributed by atoms with Gasteiger partial charge in [0.15, 0.2) is 6.61 Å². The maximum atomic E-state index is 13.1. The van der Waals surface area contributed by atoms with Crippen LogP contribution in [0.15, 0.2) is 47.4 Å². The van der Waals surface area contributed by atoms with E-state index in [0.29, 0.717) is 30.0 Å². The van der Waals surface area contributed by atoms with Crippen molar-refractivity contribution in [2.75, 3.05) is 29.9 Å². The minimum atomic E-state index is -3.75. The third-order valence-corrected chi connectivity index (χ3v) is 8.48. The first-order valence-corrected chi connectivity index (χ1v) is 13.0. The van der Waals surface area contributed by atoms with Crippen molar-refractivity contribution in [3.8, 4) is 0 Å². The summed E-state index contributed by atoms with van der Waals surface area (Å²) in [7, 11) is -3.75. The number of piperidine rings is 1. The minimum absolute atomic E-state index is 0.0371. The normalized spacial score (nSPS) is 17.9. The van der Waals surface area contributed by atoms with Gasteiger partial charge in [0.05, 0.1) is 21.8 Å². The van der Waals surface area contributed by atoms with E-state index in [9.17, 15) is 22.8 Å². The number of hydrogen-bond donors (Lipinski definition) is 1. The molecule has 1 saturated heterocycles. The number of ether oxygens (including phenoxy) is 1. The zero-order valence-electron chi connectivity index (χ0n) is 20.0. The molecule has 0 unspecified atom stereocenters. The molecular weight excluding hydrogens is 470 g/mol. The van der Waals surface area contributed by atoms with Crippen LogP contribution in [0, 0.1) is 6.92 Å². The molecule has 2 heterocycles. The smallest absolute Gasteiger partial charge is 0.338 e. The summed E-state index contributed by atoms with van der Waals surface area (Å²) in [5.41, 5.74) is 0.360. The average Bonchev–Trinajstić information content (AvgIpc) is 2.83. The maximum Gasteiger partial charge on any atom is 0.338 e. The van der Waals surface area contributed by atoms with Crippen LogP contribution in [0.3, 0.4) is 0 Å². The minimum Gasteiger partial charge on any atom is -0.452 e. The largest absolute Gasteiger partial charge is 0.452 e. The van der Waals surface area contributed by atoms with E-state index in [0.717, 1.165) is 19.3 Å². The van der Waals surface area contributed by atoms with E-state index >= 15 is 0 Å². The molecule has 2 aromatic carbocycles. The number of carbonyl (C=O) groups excluding carboxylic acids is 3. The number of hydrogen-bond acceptors (Lipinski definition) is 6. The van der Waals surface area contributed by atoms with Gasteiger partial charge in [0, 0.05) is 13.1 Å². The van der Waals surface area contributed by atoms with Gasteiger partial charge in [0.1, 0.15) is 5.54 Å². The van der Waals surface area contributed by atoms with Crippen molar-refractivity contribution in [1.82, 2.24) is 4.31 Å². The highest BCUT2D eigenvalue weighted by Gasteiger charge is 2.43. The van der Waals surface area contributed by atoms with Crippen LogP contribution in [-0.4, -0.2) is 55.7 Å². The SMILES string of the molecule is Cc1ccc(C(=O)OCC(=O)N2c3ccccc3NC(=O)C2(C)C)cc1S(=O)(=O)N1CCCCC1. The van der Waals surface area contributed by atoms with Crippen molar-refractivity contribution in [3.05, 3.63) is 53.6 Å². The van der Waals surface area contributed by atoms with Crippen molar-refractivity contribution in [1.29, 1.82) is 0 Å². The van der Waals surface area contributed by atoms with E-state index < -0.39 is 34.0 Å². The number of esters is 1. The van der Waals surface area contributed by atoms with E-state index in [4.69, 9.17) is 4.74 Å². The molecule has 9 nitrogen and oxygen atoms in total. The van der Waals surface area contributed by atoms with Gasteiger partial charge in [-0.2, -0.15) is 4.31 Å². The van der Waals surface area contributed by atoms with Gasteiger partial charge in [-0.1, -0.05) is 24.6 Å². The van der Waals surface area contributed by atoms with Crippen molar-refractivity contribution >= 4 is 39.2 Å². The van der Waals surface area contributed by atoms with E-state index in [2.05, 4.69) is 5.32 Å². The molecule has 186 valence electrons. The van der Waals surface area contributed by atoms with Crippen LogP contribution in [0.1, 0.15) is 49.0 Å². The highest BCUT2D eigenvalue weighted by molar-refractivity contribution is 7.89. The number of nitrogens with zero attached hydrogens (tertiary/aromatic N) is 2. The van der Waals surface area contributed by atoms with Gasteiger partial charge in [-0.3, -0.25) is 14.5 Å². The number of fused-ring (bicyclic) bond motifs is 1. The third kappa shape index (κ3) is 4.68. The second kappa shape index (κ2) is 9.43. The van der Waals surface area contributed by atoms with E-state index in [1.807, 2.05) is 0 Å². The molecule has 0 saturated carbocycles. The number of anilines is 2. The van der Waals surface area contributed by atoms with Gasteiger partial charge in [-0.15, -0.1) is 0 Å². The molecule has 0 spiro atoms. The van der Waals surface area contributed by atoms with Crippen molar-refractivity contribution in [2.45, 2.75) is 50.5 Å². The molecule has 2 aliphatic heterocycles. The lowest BCUT2D eigenvalue weighted by Gasteiger charge is -2.41. The Bertz CT molecular complexity index is 1280. The van der Waals surface area contributed by atoms with Crippen LogP contribution in [0.2, 0.25) is 0 Å². The van der Waals surface area contributed by atoms with Gasteiger partial charge in [-0.25, -0.2) is 13.2 Å². The number of carbonyl (C=O) groups is 3. The Labute approximate surface area is 205 Å². The Morgan fingerprint density at radius 3 is 2.46 bits per heavy atom. The van der Waals surface area contributed by atoms with Crippen molar-refractivity contribution in [2.24, 2.45) is 0 Å². The predicted octanol–water partition coefficient (Wildman–Crippen LogP) is 3.09. The number of amides is 2. The van der Waals surface area contributed by atoms with Crippen LogP contribution < -0.4 is 10.2 Å². The fourth-order valence-electron chi connectivity index (χ4n) is 4.42. The van der Waals surface area contributed by atoms with Gasteiger partial charge in [0.25, 0.3) is 5.91 Å². The zero-order chi connectivity index (χ0) is 25.4. The molecule has 2 aromatic rings. The molecule has 0 aromatic heterocycles. The summed E-state index contributed by atoms with van der Waals surface area (Å²) < 4.78 is 33.0. The van der Waals surface area contributed by atoms with Crippen LogP contribution in [0.25, 0.3) is 0 Å². The van der Waals surface area contributed by atoms with Crippen LogP contribution in [0.5, 0.6) is 0 Å². The number of benzene rings is 2. The number of nitrogens with one attached hydrogen (secondary N) is 1. The standard InChI is InChI=1S/C25H29N3O6S/c1-17-11-12-18(15-21(17)35(32,33)27-13-7-4-8-14-27)23(30)34-16-22(29)28-20-10-6-5-9-19(20)26-24(31)25(28,2)3/h5-6,9-12,15H,4,7-8,13-14,16H2,1-3H3,(H,26,31). The molecule has 2 aliphatic rings. The summed E-state index contributed by atoms with van der Waals surface area (Å²) in [4.78, 5) is 39.8.